The van der Waals surface area contributed by atoms with Gasteiger partial charge in [-0.05, 0) is 94.1 Å². The lowest BCUT2D eigenvalue weighted by Gasteiger charge is -2.39. The van der Waals surface area contributed by atoms with Crippen molar-refractivity contribution in [2.45, 2.75) is 57.9 Å². The Hall–Kier alpha value is -3.38. The van der Waals surface area contributed by atoms with Gasteiger partial charge in [0, 0.05) is 36.3 Å². The van der Waals surface area contributed by atoms with E-state index in [2.05, 4.69) is 59.4 Å². The average molecular weight is 528 g/mol. The molecule has 2 aromatic carbocycles. The Labute approximate surface area is 232 Å². The highest BCUT2D eigenvalue weighted by atomic mass is 16.5. The van der Waals surface area contributed by atoms with Crippen LogP contribution < -0.4 is 0 Å². The number of H-pyrrole nitrogens is 1. The molecule has 3 aromatic rings. The highest BCUT2D eigenvalue weighted by Gasteiger charge is 2.34. The summed E-state index contributed by atoms with van der Waals surface area (Å²) >= 11 is 0. The number of rotatable bonds is 8. The molecule has 1 atom stereocenters. The van der Waals surface area contributed by atoms with E-state index in [0.717, 1.165) is 63.8 Å². The number of carbonyl (C=O) groups is 2. The summed E-state index contributed by atoms with van der Waals surface area (Å²) in [7, 11) is 0. The van der Waals surface area contributed by atoms with Crippen LogP contribution in [0, 0.1) is 12.8 Å². The number of para-hydroxylation sites is 1. The average Bonchev–Trinajstić information content (AvgIpc) is 3.39. The second-order valence-corrected chi connectivity index (χ2v) is 11.1. The zero-order valence-electron chi connectivity index (χ0n) is 23.3. The van der Waals surface area contributed by atoms with E-state index in [4.69, 9.17) is 4.74 Å². The van der Waals surface area contributed by atoms with Crippen LogP contribution in [0.5, 0.6) is 0 Å². The highest BCUT2D eigenvalue weighted by molar-refractivity contribution is 5.91. The summed E-state index contributed by atoms with van der Waals surface area (Å²) in [5.41, 5.74) is 4.81. The van der Waals surface area contributed by atoms with E-state index < -0.39 is 0 Å². The number of esters is 1. The van der Waals surface area contributed by atoms with Crippen molar-refractivity contribution in [3.8, 4) is 0 Å². The molecule has 206 valence electrons. The van der Waals surface area contributed by atoms with E-state index in [9.17, 15) is 9.59 Å². The van der Waals surface area contributed by atoms with Crippen LogP contribution in [0.2, 0.25) is 0 Å². The first-order valence-corrected chi connectivity index (χ1v) is 14.5. The number of fused-ring (bicyclic) bond motifs is 1. The van der Waals surface area contributed by atoms with E-state index in [0.29, 0.717) is 18.4 Å². The van der Waals surface area contributed by atoms with Crippen molar-refractivity contribution in [2.75, 3.05) is 32.8 Å². The van der Waals surface area contributed by atoms with Gasteiger partial charge in [0.25, 0.3) is 0 Å². The Morgan fingerprint density at radius 3 is 2.54 bits per heavy atom. The van der Waals surface area contributed by atoms with Gasteiger partial charge in [-0.1, -0.05) is 48.0 Å². The molecule has 1 aromatic heterocycles. The third kappa shape index (κ3) is 6.62. The summed E-state index contributed by atoms with van der Waals surface area (Å²) in [4.78, 5) is 33.6. The minimum Gasteiger partial charge on any atom is -0.465 e. The fraction of sp³-hybridized carbons (Fsp3) is 0.455. The van der Waals surface area contributed by atoms with Crippen LogP contribution in [-0.4, -0.2) is 65.5 Å². The van der Waals surface area contributed by atoms with Gasteiger partial charge in [0.05, 0.1) is 6.61 Å². The topological polar surface area (TPSA) is 65.6 Å². The number of aromatic amines is 1. The Morgan fingerprint density at radius 1 is 1.03 bits per heavy atom. The number of benzene rings is 2. The van der Waals surface area contributed by atoms with Crippen LogP contribution in [0.3, 0.4) is 0 Å². The van der Waals surface area contributed by atoms with Gasteiger partial charge in [-0.2, -0.15) is 0 Å². The summed E-state index contributed by atoms with van der Waals surface area (Å²) in [6, 6.07) is 16.4. The largest absolute Gasteiger partial charge is 0.465 e. The molecule has 0 spiro atoms. The van der Waals surface area contributed by atoms with E-state index >= 15 is 0 Å². The first-order chi connectivity index (χ1) is 19.0. The standard InChI is InChI=1S/C33H41N3O3/c1-3-39-33(38)31(35-19-15-27(16-20-35)29-23-34-30-10-5-4-9-28(29)30)22-26-13-17-36(18-14-26)32(37)12-11-25-8-6-7-24(2)21-25/h4-12,21,23,26-27,31,34H,3,13-20,22H2,1-2H3. The normalized spacial score (nSPS) is 18.6. The number of amides is 1. The van der Waals surface area contributed by atoms with Crippen molar-refractivity contribution in [3.63, 3.8) is 0 Å². The number of ether oxygens (including phenoxy) is 1. The Morgan fingerprint density at radius 2 is 1.79 bits per heavy atom. The lowest BCUT2D eigenvalue weighted by Crippen LogP contribution is -2.48. The molecule has 6 nitrogen and oxygen atoms in total. The summed E-state index contributed by atoms with van der Waals surface area (Å²) in [5, 5.41) is 1.31. The molecule has 2 aliphatic rings. The molecule has 0 radical (unpaired) electrons. The van der Waals surface area contributed by atoms with Crippen LogP contribution in [0.4, 0.5) is 0 Å². The number of aromatic nitrogens is 1. The predicted molar refractivity (Wildman–Crippen MR) is 156 cm³/mol. The molecule has 0 saturated carbocycles. The first-order valence-electron chi connectivity index (χ1n) is 14.5. The summed E-state index contributed by atoms with van der Waals surface area (Å²) in [5.74, 6) is 0.886. The third-order valence-electron chi connectivity index (χ3n) is 8.53. The summed E-state index contributed by atoms with van der Waals surface area (Å²) in [6.07, 6.45) is 10.5. The maximum absolute atomic E-state index is 13.1. The minimum atomic E-state index is -0.206. The summed E-state index contributed by atoms with van der Waals surface area (Å²) < 4.78 is 5.54. The number of hydrogen-bond acceptors (Lipinski definition) is 4. The molecule has 1 amide bonds. The molecule has 1 unspecified atom stereocenters. The maximum Gasteiger partial charge on any atom is 0.323 e. The minimum absolute atomic E-state index is 0.0660. The number of nitrogens with zero attached hydrogens (tertiary/aromatic N) is 2. The van der Waals surface area contributed by atoms with E-state index in [1.165, 1.54) is 22.0 Å². The van der Waals surface area contributed by atoms with Gasteiger partial charge < -0.3 is 14.6 Å². The van der Waals surface area contributed by atoms with Gasteiger partial charge in [0.15, 0.2) is 0 Å². The number of hydrogen-bond donors (Lipinski definition) is 1. The molecule has 0 aliphatic carbocycles. The van der Waals surface area contributed by atoms with Crippen LogP contribution in [-0.2, 0) is 14.3 Å². The van der Waals surface area contributed by atoms with Crippen molar-refractivity contribution in [1.29, 1.82) is 0 Å². The fourth-order valence-corrected chi connectivity index (χ4v) is 6.34. The van der Waals surface area contributed by atoms with Crippen molar-refractivity contribution >= 4 is 28.9 Å². The van der Waals surface area contributed by atoms with Crippen molar-refractivity contribution in [3.05, 3.63) is 77.5 Å². The molecule has 0 bridgehead atoms. The molecule has 2 aliphatic heterocycles. The molecule has 1 N–H and O–H groups in total. The van der Waals surface area contributed by atoms with Crippen molar-refractivity contribution in [1.82, 2.24) is 14.8 Å². The second-order valence-electron chi connectivity index (χ2n) is 11.1. The van der Waals surface area contributed by atoms with Crippen LogP contribution >= 0.6 is 0 Å². The zero-order valence-corrected chi connectivity index (χ0v) is 23.3. The molecule has 5 rings (SSSR count). The molecule has 2 saturated heterocycles. The Bertz CT molecular complexity index is 1300. The molecule has 3 heterocycles. The predicted octanol–water partition coefficient (Wildman–Crippen LogP) is 5.93. The Balaban J connectivity index is 1.15. The lowest BCUT2D eigenvalue weighted by atomic mass is 9.86. The zero-order chi connectivity index (χ0) is 27.2. The fourth-order valence-electron chi connectivity index (χ4n) is 6.34. The Kier molecular flexibility index (Phi) is 8.82. The number of piperidine rings is 2. The monoisotopic (exact) mass is 527 g/mol. The summed E-state index contributed by atoms with van der Waals surface area (Å²) in [6.45, 7) is 7.61. The molecular formula is C33H41N3O3. The number of nitrogens with one attached hydrogen (secondary N) is 1. The smallest absolute Gasteiger partial charge is 0.323 e. The molecule has 6 heteroatoms. The second kappa shape index (κ2) is 12.6. The lowest BCUT2D eigenvalue weighted by molar-refractivity contribution is -0.151. The first kappa shape index (κ1) is 27.2. The van der Waals surface area contributed by atoms with Crippen molar-refractivity contribution < 1.29 is 14.3 Å². The molecule has 2 fully saturated rings. The van der Waals surface area contributed by atoms with Crippen LogP contribution in [0.15, 0.2) is 60.8 Å². The molecular weight excluding hydrogens is 486 g/mol. The SMILES string of the molecule is CCOC(=O)C(CC1CCN(C(=O)C=Cc2cccc(C)c2)CC1)N1CCC(c2c[nH]c3ccccc23)CC1. The van der Waals surface area contributed by atoms with Gasteiger partial charge in [0.1, 0.15) is 6.04 Å². The van der Waals surface area contributed by atoms with Gasteiger partial charge in [-0.15, -0.1) is 0 Å². The van der Waals surface area contributed by atoms with E-state index in [1.807, 2.05) is 30.0 Å². The van der Waals surface area contributed by atoms with Gasteiger partial charge >= 0.3 is 5.97 Å². The quantitative estimate of drug-likeness (QED) is 0.291. The maximum atomic E-state index is 13.1. The van der Waals surface area contributed by atoms with Crippen molar-refractivity contribution in [2.24, 2.45) is 5.92 Å². The number of likely N-dealkylation sites (tertiary alicyclic amines) is 2. The third-order valence-corrected chi connectivity index (χ3v) is 8.53. The number of carbonyl (C=O) groups excluding carboxylic acids is 2. The van der Waals surface area contributed by atoms with E-state index in [-0.39, 0.29) is 17.9 Å². The van der Waals surface area contributed by atoms with Crippen LogP contribution in [0.25, 0.3) is 17.0 Å². The highest BCUT2D eigenvalue weighted by Crippen LogP contribution is 2.35. The van der Waals surface area contributed by atoms with Crippen LogP contribution in [0.1, 0.15) is 61.6 Å². The van der Waals surface area contributed by atoms with Gasteiger partial charge in [-0.25, -0.2) is 0 Å². The number of aryl methyl sites for hydroxylation is 1. The van der Waals surface area contributed by atoms with Gasteiger partial charge in [-0.3, -0.25) is 14.5 Å². The molecule has 39 heavy (non-hydrogen) atoms. The van der Waals surface area contributed by atoms with Gasteiger partial charge in [0.2, 0.25) is 5.91 Å². The van der Waals surface area contributed by atoms with E-state index in [1.54, 1.807) is 6.08 Å².